The summed E-state index contributed by atoms with van der Waals surface area (Å²) in [5.74, 6) is 0.468. The molecule has 1 aliphatic rings. The molecule has 0 aromatic carbocycles. The van der Waals surface area contributed by atoms with E-state index in [-0.39, 0.29) is 18.6 Å². The average Bonchev–Trinajstić information content (AvgIpc) is 2.27. The minimum atomic E-state index is -0.370. The van der Waals surface area contributed by atoms with E-state index in [1.54, 1.807) is 0 Å². The van der Waals surface area contributed by atoms with Crippen LogP contribution in [0.25, 0.3) is 0 Å². The highest BCUT2D eigenvalue weighted by molar-refractivity contribution is 5.82. The van der Waals surface area contributed by atoms with E-state index in [0.29, 0.717) is 18.5 Å². The first-order chi connectivity index (χ1) is 7.06. The number of nitrogens with one attached hydrogen (secondary N) is 1. The average molecular weight is 214 g/mol. The van der Waals surface area contributed by atoms with E-state index >= 15 is 0 Å². The first kappa shape index (κ1) is 12.5. The van der Waals surface area contributed by atoms with E-state index in [1.165, 1.54) is 0 Å². The van der Waals surface area contributed by atoms with Crippen molar-refractivity contribution in [1.82, 2.24) is 10.2 Å². The fourth-order valence-electron chi connectivity index (χ4n) is 2.06. The first-order valence-corrected chi connectivity index (χ1v) is 5.70. The maximum absolute atomic E-state index is 11.7. The molecule has 0 aromatic heterocycles. The molecule has 1 aliphatic heterocycles. The van der Waals surface area contributed by atoms with Gasteiger partial charge in [-0.15, -0.1) is 0 Å². The Morgan fingerprint density at radius 2 is 2.27 bits per heavy atom. The number of hydrogen-bond donors (Lipinski definition) is 2. The molecular weight excluding hydrogens is 192 g/mol. The molecule has 2 atom stereocenters. The van der Waals surface area contributed by atoms with Crippen LogP contribution in [0, 0.1) is 5.92 Å². The summed E-state index contributed by atoms with van der Waals surface area (Å²) < 4.78 is 0. The van der Waals surface area contributed by atoms with Gasteiger partial charge in [-0.1, -0.05) is 13.8 Å². The zero-order valence-corrected chi connectivity index (χ0v) is 9.86. The predicted molar refractivity (Wildman–Crippen MR) is 59.5 cm³/mol. The summed E-state index contributed by atoms with van der Waals surface area (Å²) in [5, 5.41) is 12.1. The Morgan fingerprint density at radius 3 is 2.80 bits per heavy atom. The number of amides is 1. The van der Waals surface area contributed by atoms with Crippen molar-refractivity contribution in [3.63, 3.8) is 0 Å². The zero-order chi connectivity index (χ0) is 11.4. The summed E-state index contributed by atoms with van der Waals surface area (Å²) in [7, 11) is 0. The lowest BCUT2D eigenvalue weighted by Crippen LogP contribution is -2.50. The smallest absolute Gasteiger partial charge is 0.239 e. The van der Waals surface area contributed by atoms with E-state index in [0.717, 1.165) is 13.0 Å². The monoisotopic (exact) mass is 214 g/mol. The molecule has 2 N–H and O–H groups in total. The number of hydrogen-bond acceptors (Lipinski definition) is 3. The van der Waals surface area contributed by atoms with E-state index in [4.69, 9.17) is 0 Å². The minimum Gasteiger partial charge on any atom is -0.394 e. The molecule has 1 amide bonds. The lowest BCUT2D eigenvalue weighted by Gasteiger charge is -2.33. The zero-order valence-electron chi connectivity index (χ0n) is 9.86. The summed E-state index contributed by atoms with van der Waals surface area (Å²) >= 11 is 0. The highest BCUT2D eigenvalue weighted by Gasteiger charge is 2.31. The third kappa shape index (κ3) is 3.18. The van der Waals surface area contributed by atoms with Gasteiger partial charge < -0.3 is 10.4 Å². The Labute approximate surface area is 91.6 Å². The van der Waals surface area contributed by atoms with Crippen molar-refractivity contribution in [2.24, 2.45) is 5.92 Å². The fraction of sp³-hybridized carbons (Fsp3) is 0.909. The van der Waals surface area contributed by atoms with Gasteiger partial charge in [0.25, 0.3) is 0 Å². The van der Waals surface area contributed by atoms with Crippen LogP contribution in [0.4, 0.5) is 0 Å². The quantitative estimate of drug-likeness (QED) is 0.706. The van der Waals surface area contributed by atoms with Crippen molar-refractivity contribution in [3.8, 4) is 0 Å². The molecule has 4 nitrogen and oxygen atoms in total. The van der Waals surface area contributed by atoms with Gasteiger partial charge in [0.1, 0.15) is 6.04 Å². The van der Waals surface area contributed by atoms with Gasteiger partial charge in [0, 0.05) is 19.1 Å². The number of carbonyl (C=O) groups excluding carboxylic acids is 1. The number of rotatable bonds is 3. The van der Waals surface area contributed by atoms with Crippen LogP contribution in [-0.4, -0.2) is 47.7 Å². The van der Waals surface area contributed by atoms with Crippen molar-refractivity contribution < 1.29 is 9.90 Å². The van der Waals surface area contributed by atoms with E-state index in [1.807, 2.05) is 0 Å². The third-order valence-corrected chi connectivity index (χ3v) is 2.88. The highest BCUT2D eigenvalue weighted by atomic mass is 16.3. The molecule has 88 valence electrons. The summed E-state index contributed by atoms with van der Waals surface area (Å²) in [4.78, 5) is 13.8. The van der Waals surface area contributed by atoms with Crippen molar-refractivity contribution in [2.75, 3.05) is 19.7 Å². The summed E-state index contributed by atoms with van der Waals surface area (Å²) in [6.07, 6.45) is 0.953. The van der Waals surface area contributed by atoms with Crippen molar-refractivity contribution in [2.45, 2.75) is 39.3 Å². The normalized spacial score (nSPS) is 29.0. The maximum Gasteiger partial charge on any atom is 0.239 e. The van der Waals surface area contributed by atoms with Crippen molar-refractivity contribution in [1.29, 1.82) is 0 Å². The van der Waals surface area contributed by atoms with Gasteiger partial charge in [-0.05, 0) is 19.3 Å². The second-order valence-corrected chi connectivity index (χ2v) is 4.72. The standard InChI is InChI=1S/C11H22N2O2/c1-8(2)6-13-9(3)4-5-12-11(15)10(13)7-14/h8-10,14H,4-7H2,1-3H3,(H,12,15). The maximum atomic E-state index is 11.7. The van der Waals surface area contributed by atoms with Crippen molar-refractivity contribution in [3.05, 3.63) is 0 Å². The van der Waals surface area contributed by atoms with Crippen LogP contribution in [0.5, 0.6) is 0 Å². The molecular formula is C11H22N2O2. The van der Waals surface area contributed by atoms with Gasteiger partial charge >= 0.3 is 0 Å². The number of nitrogens with zero attached hydrogens (tertiary/aromatic N) is 1. The summed E-state index contributed by atoms with van der Waals surface area (Å²) in [5.41, 5.74) is 0. The molecule has 4 heteroatoms. The Morgan fingerprint density at radius 1 is 1.60 bits per heavy atom. The lowest BCUT2D eigenvalue weighted by atomic mass is 10.1. The van der Waals surface area contributed by atoms with Crippen LogP contribution >= 0.6 is 0 Å². The second kappa shape index (κ2) is 5.47. The van der Waals surface area contributed by atoms with Crippen LogP contribution in [-0.2, 0) is 4.79 Å². The van der Waals surface area contributed by atoms with Crippen LogP contribution < -0.4 is 5.32 Å². The van der Waals surface area contributed by atoms with Crippen molar-refractivity contribution >= 4 is 5.91 Å². The largest absolute Gasteiger partial charge is 0.394 e. The molecule has 1 heterocycles. The molecule has 0 aliphatic carbocycles. The van der Waals surface area contributed by atoms with Gasteiger partial charge in [0.05, 0.1) is 6.61 Å². The summed E-state index contributed by atoms with van der Waals surface area (Å²) in [6, 6.07) is -0.0200. The summed E-state index contributed by atoms with van der Waals surface area (Å²) in [6.45, 7) is 7.85. The third-order valence-electron chi connectivity index (χ3n) is 2.88. The Hall–Kier alpha value is -0.610. The van der Waals surface area contributed by atoms with Gasteiger partial charge in [0.15, 0.2) is 0 Å². The van der Waals surface area contributed by atoms with Crippen LogP contribution in [0.15, 0.2) is 0 Å². The molecule has 1 rings (SSSR count). The molecule has 15 heavy (non-hydrogen) atoms. The fourth-order valence-corrected chi connectivity index (χ4v) is 2.06. The van der Waals surface area contributed by atoms with Gasteiger partial charge in [0.2, 0.25) is 5.91 Å². The SMILES string of the molecule is CC(C)CN1C(C)CCNC(=O)C1CO. The van der Waals surface area contributed by atoms with E-state index < -0.39 is 0 Å². The Balaban J connectivity index is 2.76. The van der Waals surface area contributed by atoms with Gasteiger partial charge in [-0.3, -0.25) is 9.69 Å². The Kier molecular flexibility index (Phi) is 4.54. The van der Waals surface area contributed by atoms with Gasteiger partial charge in [-0.25, -0.2) is 0 Å². The van der Waals surface area contributed by atoms with Crippen LogP contribution in [0.1, 0.15) is 27.2 Å². The molecule has 1 saturated heterocycles. The molecule has 2 unspecified atom stereocenters. The molecule has 0 aromatic rings. The number of aliphatic hydroxyl groups excluding tert-OH is 1. The predicted octanol–water partition coefficient (Wildman–Crippen LogP) is 0.214. The van der Waals surface area contributed by atoms with E-state index in [9.17, 15) is 9.90 Å². The minimum absolute atomic E-state index is 0.0394. The van der Waals surface area contributed by atoms with Crippen LogP contribution in [0.3, 0.4) is 0 Å². The molecule has 0 spiro atoms. The lowest BCUT2D eigenvalue weighted by molar-refractivity contribution is -0.127. The second-order valence-electron chi connectivity index (χ2n) is 4.72. The van der Waals surface area contributed by atoms with Crippen LogP contribution in [0.2, 0.25) is 0 Å². The van der Waals surface area contributed by atoms with Gasteiger partial charge in [-0.2, -0.15) is 0 Å². The topological polar surface area (TPSA) is 52.6 Å². The number of aliphatic hydroxyl groups is 1. The Bertz CT molecular complexity index is 219. The first-order valence-electron chi connectivity index (χ1n) is 5.70. The molecule has 0 radical (unpaired) electrons. The van der Waals surface area contributed by atoms with E-state index in [2.05, 4.69) is 31.0 Å². The molecule has 0 bridgehead atoms. The molecule has 0 saturated carbocycles. The highest BCUT2D eigenvalue weighted by Crippen LogP contribution is 2.14. The molecule has 1 fully saturated rings. The number of carbonyl (C=O) groups is 1.